The number of urea groups is 1. The molecule has 4 rings (SSSR count). The third kappa shape index (κ3) is 2.91. The van der Waals surface area contributed by atoms with Crippen molar-refractivity contribution >= 4 is 38.3 Å². The van der Waals surface area contributed by atoms with Gasteiger partial charge in [0, 0.05) is 41.6 Å². The van der Waals surface area contributed by atoms with Crippen molar-refractivity contribution in [3.8, 4) is 0 Å². The predicted octanol–water partition coefficient (Wildman–Crippen LogP) is 2.50. The number of benzene rings is 2. The zero-order valence-electron chi connectivity index (χ0n) is 13.2. The maximum Gasteiger partial charge on any atom is 0.321 e. The van der Waals surface area contributed by atoms with Gasteiger partial charge in [-0.15, -0.1) is 0 Å². The molecule has 1 aromatic heterocycles. The summed E-state index contributed by atoms with van der Waals surface area (Å²) in [5.74, 6) is 0. The van der Waals surface area contributed by atoms with E-state index in [2.05, 4.69) is 15.0 Å². The molecule has 1 aliphatic rings. The van der Waals surface area contributed by atoms with Gasteiger partial charge in [-0.25, -0.2) is 13.2 Å². The van der Waals surface area contributed by atoms with Gasteiger partial charge < -0.3 is 10.3 Å². The van der Waals surface area contributed by atoms with E-state index in [4.69, 9.17) is 0 Å². The highest BCUT2D eigenvalue weighted by molar-refractivity contribution is 7.92. The lowest BCUT2D eigenvalue weighted by atomic mass is 10.2. The summed E-state index contributed by atoms with van der Waals surface area (Å²) in [5.41, 5.74) is 2.11. The summed E-state index contributed by atoms with van der Waals surface area (Å²) in [6.07, 6.45) is 1.80. The lowest BCUT2D eigenvalue weighted by molar-refractivity contribution is 0.252. The quantitative estimate of drug-likeness (QED) is 0.670. The highest BCUT2D eigenvalue weighted by atomic mass is 32.2. The first-order valence-corrected chi connectivity index (χ1v) is 9.27. The van der Waals surface area contributed by atoms with E-state index in [0.29, 0.717) is 24.5 Å². The molecule has 7 nitrogen and oxygen atoms in total. The molecule has 1 saturated heterocycles. The van der Waals surface area contributed by atoms with Gasteiger partial charge in [-0.3, -0.25) is 9.62 Å². The summed E-state index contributed by atoms with van der Waals surface area (Å²) in [4.78, 5) is 16.4. The number of aromatic nitrogens is 1. The summed E-state index contributed by atoms with van der Waals surface area (Å²) in [6, 6.07) is 13.3. The molecule has 2 heterocycles. The number of carbonyl (C=O) groups is 1. The smallest absolute Gasteiger partial charge is 0.321 e. The van der Waals surface area contributed by atoms with Gasteiger partial charge in [-0.1, -0.05) is 0 Å². The van der Waals surface area contributed by atoms with E-state index >= 15 is 0 Å². The molecular weight excluding hydrogens is 340 g/mol. The molecule has 0 aliphatic carbocycles. The number of rotatable bonds is 4. The number of fused-ring (bicyclic) bond motifs is 1. The largest absolute Gasteiger partial charge is 0.361 e. The van der Waals surface area contributed by atoms with Crippen LogP contribution in [-0.2, 0) is 10.0 Å². The van der Waals surface area contributed by atoms with Crippen molar-refractivity contribution in [3.05, 3.63) is 54.7 Å². The zero-order chi connectivity index (χ0) is 17.4. The van der Waals surface area contributed by atoms with Gasteiger partial charge in [-0.05, 0) is 48.5 Å². The molecule has 1 fully saturated rings. The minimum absolute atomic E-state index is 0.144. The third-order valence-corrected chi connectivity index (χ3v) is 5.52. The van der Waals surface area contributed by atoms with E-state index in [-0.39, 0.29) is 10.9 Å². The number of nitrogens with one attached hydrogen (secondary N) is 3. The summed E-state index contributed by atoms with van der Waals surface area (Å²) in [5, 5.41) is 3.64. The molecule has 0 atom stereocenters. The van der Waals surface area contributed by atoms with Crippen LogP contribution in [0.4, 0.5) is 16.2 Å². The fourth-order valence-electron chi connectivity index (χ4n) is 2.85. The maximum absolute atomic E-state index is 12.6. The Morgan fingerprint density at radius 2 is 1.84 bits per heavy atom. The Hall–Kier alpha value is -3.00. The number of nitrogens with zero attached hydrogens (tertiary/aromatic N) is 1. The highest BCUT2D eigenvalue weighted by Gasteiger charge is 2.22. The molecule has 1 aliphatic heterocycles. The van der Waals surface area contributed by atoms with E-state index in [1.54, 1.807) is 35.4 Å². The van der Waals surface area contributed by atoms with Gasteiger partial charge in [0.2, 0.25) is 0 Å². The topological polar surface area (TPSA) is 94.3 Å². The van der Waals surface area contributed by atoms with Crippen LogP contribution in [0.5, 0.6) is 0 Å². The van der Waals surface area contributed by atoms with E-state index in [1.165, 1.54) is 12.1 Å². The Labute approximate surface area is 144 Å². The molecule has 128 valence electrons. The maximum atomic E-state index is 12.6. The van der Waals surface area contributed by atoms with E-state index in [9.17, 15) is 13.2 Å². The lowest BCUT2D eigenvalue weighted by Gasteiger charge is -2.15. The summed E-state index contributed by atoms with van der Waals surface area (Å²) < 4.78 is 27.7. The van der Waals surface area contributed by atoms with Gasteiger partial charge >= 0.3 is 6.03 Å². The Bertz CT molecular complexity index is 1040. The minimum atomic E-state index is -3.70. The Morgan fingerprint density at radius 1 is 1.04 bits per heavy atom. The summed E-state index contributed by atoms with van der Waals surface area (Å²) in [7, 11) is -3.70. The van der Waals surface area contributed by atoms with Crippen LogP contribution in [0.25, 0.3) is 10.9 Å². The average Bonchev–Trinajstić information content (AvgIpc) is 3.23. The average molecular weight is 356 g/mol. The second-order valence-corrected chi connectivity index (χ2v) is 7.45. The number of aromatic amines is 1. The molecule has 0 radical (unpaired) electrons. The van der Waals surface area contributed by atoms with Gasteiger partial charge in [0.1, 0.15) is 0 Å². The van der Waals surface area contributed by atoms with E-state index in [0.717, 1.165) is 10.9 Å². The van der Waals surface area contributed by atoms with Gasteiger partial charge in [0.25, 0.3) is 10.0 Å². The number of sulfonamides is 1. The number of anilines is 2. The van der Waals surface area contributed by atoms with Crippen LogP contribution in [-0.4, -0.2) is 32.5 Å². The van der Waals surface area contributed by atoms with Crippen LogP contribution in [0.1, 0.15) is 0 Å². The number of carbonyl (C=O) groups excluding carboxylic acids is 1. The molecule has 2 aromatic carbocycles. The molecule has 0 saturated carbocycles. The van der Waals surface area contributed by atoms with Crippen LogP contribution in [0.2, 0.25) is 0 Å². The number of H-pyrrole nitrogens is 1. The molecule has 0 bridgehead atoms. The number of amides is 2. The van der Waals surface area contributed by atoms with Crippen molar-refractivity contribution in [1.82, 2.24) is 10.3 Å². The monoisotopic (exact) mass is 356 g/mol. The molecule has 2 amide bonds. The first-order chi connectivity index (χ1) is 12.0. The lowest BCUT2D eigenvalue weighted by Crippen LogP contribution is -2.27. The van der Waals surface area contributed by atoms with Crippen molar-refractivity contribution in [2.45, 2.75) is 4.90 Å². The SMILES string of the molecule is O=C1NCCN1c1ccc(S(=O)(=O)Nc2ccc3[nH]ccc3c2)cc1. The fraction of sp³-hybridized carbons (Fsp3) is 0.118. The van der Waals surface area contributed by atoms with Crippen LogP contribution in [0.15, 0.2) is 59.6 Å². The zero-order valence-corrected chi connectivity index (χ0v) is 14.0. The Kier molecular flexibility index (Phi) is 3.61. The second kappa shape index (κ2) is 5.82. The van der Waals surface area contributed by atoms with Crippen LogP contribution in [0, 0.1) is 0 Å². The minimum Gasteiger partial charge on any atom is -0.361 e. The Morgan fingerprint density at radius 3 is 2.56 bits per heavy atom. The fourth-order valence-corrected chi connectivity index (χ4v) is 3.90. The van der Waals surface area contributed by atoms with Gasteiger partial charge in [0.15, 0.2) is 0 Å². The van der Waals surface area contributed by atoms with Crippen LogP contribution in [0.3, 0.4) is 0 Å². The molecule has 3 N–H and O–H groups in total. The molecule has 3 aromatic rings. The first kappa shape index (κ1) is 15.5. The molecular formula is C17H16N4O3S. The number of hydrogen-bond donors (Lipinski definition) is 3. The van der Waals surface area contributed by atoms with Crippen LogP contribution >= 0.6 is 0 Å². The molecule has 8 heteroatoms. The van der Waals surface area contributed by atoms with Gasteiger partial charge in [-0.2, -0.15) is 0 Å². The van der Waals surface area contributed by atoms with Crippen LogP contribution < -0.4 is 14.9 Å². The summed E-state index contributed by atoms with van der Waals surface area (Å²) in [6.45, 7) is 1.15. The Balaban J connectivity index is 1.58. The van der Waals surface area contributed by atoms with Crippen molar-refractivity contribution in [1.29, 1.82) is 0 Å². The third-order valence-electron chi connectivity index (χ3n) is 4.12. The molecule has 0 spiro atoms. The van der Waals surface area contributed by atoms with Crippen molar-refractivity contribution in [3.63, 3.8) is 0 Å². The van der Waals surface area contributed by atoms with Crippen molar-refractivity contribution < 1.29 is 13.2 Å². The van der Waals surface area contributed by atoms with Gasteiger partial charge in [0.05, 0.1) is 4.90 Å². The van der Waals surface area contributed by atoms with E-state index in [1.807, 2.05) is 12.1 Å². The standard InChI is InChI=1S/C17H16N4O3S/c22-17-19-9-10-21(17)14-2-4-15(5-3-14)25(23,24)20-13-1-6-16-12(11-13)7-8-18-16/h1-8,11,18,20H,9-10H2,(H,19,22). The van der Waals surface area contributed by atoms with Crippen molar-refractivity contribution in [2.24, 2.45) is 0 Å². The highest BCUT2D eigenvalue weighted by Crippen LogP contribution is 2.23. The van der Waals surface area contributed by atoms with E-state index < -0.39 is 10.0 Å². The number of hydrogen-bond acceptors (Lipinski definition) is 3. The summed E-state index contributed by atoms with van der Waals surface area (Å²) >= 11 is 0. The second-order valence-electron chi connectivity index (χ2n) is 5.76. The predicted molar refractivity (Wildman–Crippen MR) is 96.3 cm³/mol. The normalized spacial score (nSPS) is 14.7. The first-order valence-electron chi connectivity index (χ1n) is 7.78. The molecule has 0 unspecified atom stereocenters. The molecule has 25 heavy (non-hydrogen) atoms. The van der Waals surface area contributed by atoms with Crippen molar-refractivity contribution in [2.75, 3.05) is 22.7 Å².